The van der Waals surface area contributed by atoms with E-state index in [0.29, 0.717) is 24.5 Å². The summed E-state index contributed by atoms with van der Waals surface area (Å²) < 4.78 is 26.5. The molecule has 2 aromatic heterocycles. The molecule has 0 atom stereocenters. The molecule has 148 valence electrons. The fourth-order valence-electron chi connectivity index (χ4n) is 3.26. The van der Waals surface area contributed by atoms with Gasteiger partial charge in [-0.25, -0.2) is 4.39 Å². The summed E-state index contributed by atoms with van der Waals surface area (Å²) in [6.07, 6.45) is 2.55. The third-order valence-corrected chi connectivity index (χ3v) is 4.59. The van der Waals surface area contributed by atoms with Gasteiger partial charge >= 0.3 is 0 Å². The Morgan fingerprint density at radius 1 is 1.14 bits per heavy atom. The van der Waals surface area contributed by atoms with Crippen molar-refractivity contribution in [1.82, 2.24) is 14.7 Å². The molecule has 0 amide bonds. The number of aryl methyl sites for hydroxylation is 1. The molecule has 0 saturated carbocycles. The normalized spacial score (nSPS) is 11.1. The summed E-state index contributed by atoms with van der Waals surface area (Å²) in [4.78, 5) is 17.4. The van der Waals surface area contributed by atoms with E-state index in [1.807, 2.05) is 42.7 Å². The highest BCUT2D eigenvalue weighted by molar-refractivity contribution is 5.83. The van der Waals surface area contributed by atoms with Crippen LogP contribution in [0.1, 0.15) is 20.3 Å². The highest BCUT2D eigenvalue weighted by Gasteiger charge is 2.17. The molecule has 0 bridgehead atoms. The Kier molecular flexibility index (Phi) is 5.12. The van der Waals surface area contributed by atoms with Crippen LogP contribution in [0.25, 0.3) is 33.7 Å². The number of ether oxygens (including phenoxy) is 1. The summed E-state index contributed by atoms with van der Waals surface area (Å²) in [5, 5.41) is 4.29. The van der Waals surface area contributed by atoms with Crippen LogP contribution in [-0.2, 0) is 6.54 Å². The fourth-order valence-corrected chi connectivity index (χ4v) is 3.26. The Balaban J connectivity index is 1.79. The van der Waals surface area contributed by atoms with E-state index in [4.69, 9.17) is 9.26 Å². The van der Waals surface area contributed by atoms with Crippen molar-refractivity contribution >= 4 is 10.9 Å². The van der Waals surface area contributed by atoms with Crippen LogP contribution in [0.5, 0.6) is 5.75 Å². The van der Waals surface area contributed by atoms with Crippen molar-refractivity contribution in [1.29, 1.82) is 0 Å². The van der Waals surface area contributed by atoms with Gasteiger partial charge in [-0.15, -0.1) is 0 Å². The Morgan fingerprint density at radius 2 is 1.93 bits per heavy atom. The van der Waals surface area contributed by atoms with Crippen LogP contribution >= 0.6 is 0 Å². The maximum Gasteiger partial charge on any atom is 0.263 e. The van der Waals surface area contributed by atoms with Gasteiger partial charge in [0.1, 0.15) is 17.1 Å². The van der Waals surface area contributed by atoms with Gasteiger partial charge in [0.25, 0.3) is 5.89 Å². The smallest absolute Gasteiger partial charge is 0.263 e. The van der Waals surface area contributed by atoms with Gasteiger partial charge in [0, 0.05) is 23.7 Å². The molecule has 0 unspecified atom stereocenters. The standard InChI is InChI=1S/C22H20FN3O3/c1-3-11-26-13-18(20(27)17-12-15(23)7-10-19(17)26)22-24-21(25-29-22)14-5-8-16(9-6-14)28-4-2/h5-10,12-13H,3-4,11H2,1-2H3. The van der Waals surface area contributed by atoms with Crippen LogP contribution in [0.4, 0.5) is 4.39 Å². The molecule has 29 heavy (non-hydrogen) atoms. The first-order valence-corrected chi connectivity index (χ1v) is 9.50. The first-order chi connectivity index (χ1) is 14.1. The fraction of sp³-hybridized carbons (Fsp3) is 0.227. The van der Waals surface area contributed by atoms with Gasteiger partial charge in [0.2, 0.25) is 11.3 Å². The molecular weight excluding hydrogens is 373 g/mol. The summed E-state index contributed by atoms with van der Waals surface area (Å²) >= 11 is 0. The number of hydrogen-bond acceptors (Lipinski definition) is 5. The molecule has 0 saturated heterocycles. The maximum atomic E-state index is 13.8. The Morgan fingerprint density at radius 3 is 2.66 bits per heavy atom. The molecule has 7 heteroatoms. The second-order valence-corrected chi connectivity index (χ2v) is 6.61. The van der Waals surface area contributed by atoms with Crippen LogP contribution < -0.4 is 10.2 Å². The van der Waals surface area contributed by atoms with E-state index < -0.39 is 5.82 Å². The minimum absolute atomic E-state index is 0.106. The molecule has 0 aliphatic rings. The van der Waals surface area contributed by atoms with Crippen molar-refractivity contribution in [2.75, 3.05) is 6.61 Å². The first-order valence-electron chi connectivity index (χ1n) is 9.50. The van der Waals surface area contributed by atoms with Crippen molar-refractivity contribution in [3.05, 3.63) is 64.7 Å². The lowest BCUT2D eigenvalue weighted by Gasteiger charge is -2.11. The van der Waals surface area contributed by atoms with Gasteiger partial charge in [-0.05, 0) is 55.8 Å². The molecule has 0 radical (unpaired) electrons. The molecule has 4 rings (SSSR count). The van der Waals surface area contributed by atoms with E-state index in [9.17, 15) is 9.18 Å². The molecule has 0 aliphatic heterocycles. The molecule has 0 N–H and O–H groups in total. The number of benzene rings is 2. The lowest BCUT2D eigenvalue weighted by atomic mass is 10.1. The summed E-state index contributed by atoms with van der Waals surface area (Å²) in [6, 6.07) is 11.5. The summed E-state index contributed by atoms with van der Waals surface area (Å²) in [6.45, 7) is 5.21. The molecule has 2 aromatic carbocycles. The van der Waals surface area contributed by atoms with Gasteiger partial charge < -0.3 is 13.8 Å². The van der Waals surface area contributed by atoms with E-state index in [1.165, 1.54) is 12.1 Å². The minimum atomic E-state index is -0.463. The molecule has 0 aliphatic carbocycles. The van der Waals surface area contributed by atoms with Crippen molar-refractivity contribution in [2.45, 2.75) is 26.8 Å². The molecule has 4 aromatic rings. The monoisotopic (exact) mass is 393 g/mol. The number of rotatable bonds is 6. The number of fused-ring (bicyclic) bond motifs is 1. The van der Waals surface area contributed by atoms with E-state index >= 15 is 0 Å². The van der Waals surface area contributed by atoms with Crippen molar-refractivity contribution in [3.63, 3.8) is 0 Å². The number of halogens is 1. The summed E-state index contributed by atoms with van der Waals surface area (Å²) in [5.41, 5.74) is 1.33. The van der Waals surface area contributed by atoms with Crippen LogP contribution in [-0.4, -0.2) is 21.3 Å². The highest BCUT2D eigenvalue weighted by atomic mass is 19.1. The zero-order valence-corrected chi connectivity index (χ0v) is 16.2. The van der Waals surface area contributed by atoms with E-state index in [0.717, 1.165) is 17.7 Å². The Bertz CT molecular complexity index is 1210. The lowest BCUT2D eigenvalue weighted by Crippen LogP contribution is -2.12. The number of hydrogen-bond donors (Lipinski definition) is 0. The number of aromatic nitrogens is 3. The average Bonchev–Trinajstić information content (AvgIpc) is 3.21. The van der Waals surface area contributed by atoms with Crippen LogP contribution in [0.15, 0.2) is 58.0 Å². The van der Waals surface area contributed by atoms with Crippen molar-refractivity contribution < 1.29 is 13.7 Å². The third kappa shape index (κ3) is 3.63. The number of pyridine rings is 1. The van der Waals surface area contributed by atoms with E-state index in [1.54, 1.807) is 12.3 Å². The molecule has 0 fully saturated rings. The largest absolute Gasteiger partial charge is 0.494 e. The molecule has 2 heterocycles. The maximum absolute atomic E-state index is 13.8. The SMILES string of the molecule is CCCn1cc(-c2nc(-c3ccc(OCC)cc3)no2)c(=O)c2cc(F)ccc21. The number of nitrogens with zero attached hydrogens (tertiary/aromatic N) is 3. The van der Waals surface area contributed by atoms with Gasteiger partial charge in [0.05, 0.1) is 12.1 Å². The second kappa shape index (κ2) is 7.87. The average molecular weight is 393 g/mol. The third-order valence-electron chi connectivity index (χ3n) is 4.59. The van der Waals surface area contributed by atoms with Gasteiger partial charge in [-0.3, -0.25) is 4.79 Å². The first kappa shape index (κ1) is 18.9. The van der Waals surface area contributed by atoms with Gasteiger partial charge in [0.15, 0.2) is 0 Å². The summed E-state index contributed by atoms with van der Waals surface area (Å²) in [7, 11) is 0. The van der Waals surface area contributed by atoms with Crippen LogP contribution in [0.2, 0.25) is 0 Å². The summed E-state index contributed by atoms with van der Waals surface area (Å²) in [5.74, 6) is 0.758. The van der Waals surface area contributed by atoms with Gasteiger partial charge in [-0.1, -0.05) is 12.1 Å². The zero-order valence-electron chi connectivity index (χ0n) is 16.2. The van der Waals surface area contributed by atoms with Crippen LogP contribution in [0, 0.1) is 5.82 Å². The van der Waals surface area contributed by atoms with Crippen LogP contribution in [0.3, 0.4) is 0 Å². The zero-order chi connectivity index (χ0) is 20.4. The topological polar surface area (TPSA) is 70.2 Å². The predicted molar refractivity (Wildman–Crippen MR) is 108 cm³/mol. The van der Waals surface area contributed by atoms with E-state index in [-0.39, 0.29) is 22.3 Å². The molecular formula is C22H20FN3O3. The minimum Gasteiger partial charge on any atom is -0.494 e. The lowest BCUT2D eigenvalue weighted by molar-refractivity contribution is 0.340. The van der Waals surface area contributed by atoms with Crippen molar-refractivity contribution in [3.8, 4) is 28.6 Å². The van der Waals surface area contributed by atoms with Crippen molar-refractivity contribution in [2.24, 2.45) is 0 Å². The molecule has 0 spiro atoms. The van der Waals surface area contributed by atoms with E-state index in [2.05, 4.69) is 10.1 Å². The quantitative estimate of drug-likeness (QED) is 0.476. The predicted octanol–water partition coefficient (Wildman–Crippen LogP) is 4.67. The second-order valence-electron chi connectivity index (χ2n) is 6.61. The Labute approximate surface area is 166 Å². The Hall–Kier alpha value is -3.48. The van der Waals surface area contributed by atoms with Gasteiger partial charge in [-0.2, -0.15) is 4.98 Å². The molecule has 6 nitrogen and oxygen atoms in total. The highest BCUT2D eigenvalue weighted by Crippen LogP contribution is 2.24.